The summed E-state index contributed by atoms with van der Waals surface area (Å²) in [4.78, 5) is 6.49. The van der Waals surface area contributed by atoms with Gasteiger partial charge in [-0.2, -0.15) is 5.10 Å². The average molecular weight is 235 g/mol. The Hall–Kier alpha value is -1.52. The fraction of sp³-hybridized carbons (Fsp3) is 0.667. The van der Waals surface area contributed by atoms with Crippen LogP contribution >= 0.6 is 0 Å². The molecule has 0 aromatic carbocycles. The van der Waals surface area contributed by atoms with Gasteiger partial charge in [0.05, 0.1) is 6.20 Å². The third-order valence-electron chi connectivity index (χ3n) is 3.27. The van der Waals surface area contributed by atoms with Gasteiger partial charge in [0.1, 0.15) is 0 Å². The molecule has 1 aliphatic carbocycles. The zero-order chi connectivity index (χ0) is 12.3. The highest BCUT2D eigenvalue weighted by Gasteiger charge is 2.27. The lowest BCUT2D eigenvalue weighted by molar-refractivity contribution is 0.487. The van der Waals surface area contributed by atoms with Gasteiger partial charge in [0.2, 0.25) is 0 Å². The molecule has 0 spiro atoms. The molecule has 1 aromatic rings. The summed E-state index contributed by atoms with van der Waals surface area (Å²) in [5, 5.41) is 6.94. The number of nitrogens with two attached hydrogens (primary N) is 1. The summed E-state index contributed by atoms with van der Waals surface area (Å²) < 4.78 is 0. The van der Waals surface area contributed by atoms with Gasteiger partial charge in [-0.3, -0.25) is 10.1 Å². The van der Waals surface area contributed by atoms with Gasteiger partial charge in [0, 0.05) is 25.3 Å². The van der Waals surface area contributed by atoms with E-state index in [1.165, 1.54) is 18.4 Å². The van der Waals surface area contributed by atoms with E-state index in [0.29, 0.717) is 12.0 Å². The van der Waals surface area contributed by atoms with Crippen LogP contribution in [0.5, 0.6) is 0 Å². The van der Waals surface area contributed by atoms with Gasteiger partial charge in [0.15, 0.2) is 5.96 Å². The maximum atomic E-state index is 5.90. The van der Waals surface area contributed by atoms with E-state index >= 15 is 0 Å². The minimum atomic E-state index is 0.634. The van der Waals surface area contributed by atoms with Crippen LogP contribution in [0.4, 0.5) is 0 Å². The van der Waals surface area contributed by atoms with Crippen molar-refractivity contribution in [2.75, 3.05) is 13.6 Å². The molecule has 1 aromatic heterocycles. The molecule has 0 unspecified atom stereocenters. The monoisotopic (exact) mass is 235 g/mol. The highest BCUT2D eigenvalue weighted by atomic mass is 15.3. The Balaban J connectivity index is 1.71. The predicted molar refractivity (Wildman–Crippen MR) is 68.9 cm³/mol. The highest BCUT2D eigenvalue weighted by molar-refractivity contribution is 5.78. The average Bonchev–Trinajstić information content (AvgIpc) is 3.08. The first-order valence-electron chi connectivity index (χ1n) is 6.20. The summed E-state index contributed by atoms with van der Waals surface area (Å²) in [6.07, 6.45) is 6.41. The lowest BCUT2D eigenvalue weighted by Gasteiger charge is -2.16. The highest BCUT2D eigenvalue weighted by Crippen LogP contribution is 2.24. The molecule has 1 saturated carbocycles. The molecule has 5 nitrogen and oxygen atoms in total. The van der Waals surface area contributed by atoms with E-state index in [9.17, 15) is 0 Å². The standard InChI is InChI=1S/C12H21N5/c1-9-10(8-15-16-9)4-3-7-14-12(13)17(2)11-5-6-11/h8,11H,3-7H2,1-2H3,(H2,13,14)(H,15,16). The van der Waals surface area contributed by atoms with Gasteiger partial charge in [-0.25, -0.2) is 0 Å². The molecule has 5 heteroatoms. The number of rotatable bonds is 5. The molecule has 1 aliphatic rings. The van der Waals surface area contributed by atoms with Crippen molar-refractivity contribution >= 4 is 5.96 Å². The summed E-state index contributed by atoms with van der Waals surface area (Å²) in [6, 6.07) is 0.634. The number of guanidine groups is 1. The van der Waals surface area contributed by atoms with Crippen LogP contribution in [-0.2, 0) is 6.42 Å². The molecule has 17 heavy (non-hydrogen) atoms. The largest absolute Gasteiger partial charge is 0.370 e. The summed E-state index contributed by atoms with van der Waals surface area (Å²) in [7, 11) is 2.02. The third-order valence-corrected chi connectivity index (χ3v) is 3.27. The molecule has 2 rings (SSSR count). The van der Waals surface area contributed by atoms with E-state index in [-0.39, 0.29) is 0 Å². The number of hydrogen-bond acceptors (Lipinski definition) is 2. The van der Waals surface area contributed by atoms with Gasteiger partial charge >= 0.3 is 0 Å². The number of aromatic nitrogens is 2. The van der Waals surface area contributed by atoms with Crippen molar-refractivity contribution in [3.8, 4) is 0 Å². The molecule has 0 radical (unpaired) electrons. The maximum absolute atomic E-state index is 5.90. The number of H-pyrrole nitrogens is 1. The SMILES string of the molecule is Cc1[nH]ncc1CCCN=C(N)N(C)C1CC1. The summed E-state index contributed by atoms with van der Waals surface area (Å²) in [6.45, 7) is 2.83. The van der Waals surface area contributed by atoms with E-state index in [0.717, 1.165) is 25.1 Å². The second kappa shape index (κ2) is 5.21. The minimum absolute atomic E-state index is 0.634. The van der Waals surface area contributed by atoms with E-state index in [4.69, 9.17) is 5.73 Å². The number of nitrogens with zero attached hydrogens (tertiary/aromatic N) is 3. The van der Waals surface area contributed by atoms with Crippen LogP contribution < -0.4 is 5.73 Å². The Bertz CT molecular complexity index is 391. The lowest BCUT2D eigenvalue weighted by Crippen LogP contribution is -2.35. The fourth-order valence-corrected chi connectivity index (χ4v) is 1.85. The van der Waals surface area contributed by atoms with Gasteiger partial charge in [-0.1, -0.05) is 0 Å². The molecule has 3 N–H and O–H groups in total. The number of aliphatic imine (C=N–C) groups is 1. The van der Waals surface area contributed by atoms with Crippen LogP contribution in [0.25, 0.3) is 0 Å². The first-order chi connectivity index (χ1) is 8.18. The Morgan fingerprint density at radius 1 is 1.65 bits per heavy atom. The topological polar surface area (TPSA) is 70.3 Å². The van der Waals surface area contributed by atoms with Crippen molar-refractivity contribution in [3.63, 3.8) is 0 Å². The van der Waals surface area contributed by atoms with Crippen molar-refractivity contribution in [1.82, 2.24) is 15.1 Å². The van der Waals surface area contributed by atoms with Crippen LogP contribution in [0.3, 0.4) is 0 Å². The van der Waals surface area contributed by atoms with Crippen LogP contribution in [-0.4, -0.2) is 40.7 Å². The van der Waals surface area contributed by atoms with E-state index in [1.54, 1.807) is 0 Å². The predicted octanol–water partition coefficient (Wildman–Crippen LogP) is 1.06. The Kier molecular flexibility index (Phi) is 3.66. The molecule has 0 bridgehead atoms. The van der Waals surface area contributed by atoms with Crippen molar-refractivity contribution in [1.29, 1.82) is 0 Å². The Morgan fingerprint density at radius 2 is 2.41 bits per heavy atom. The van der Waals surface area contributed by atoms with Crippen molar-refractivity contribution < 1.29 is 0 Å². The van der Waals surface area contributed by atoms with E-state index in [2.05, 4.69) is 20.1 Å². The van der Waals surface area contributed by atoms with Gasteiger partial charge in [0.25, 0.3) is 0 Å². The first kappa shape index (κ1) is 12.0. The molecule has 0 atom stereocenters. The van der Waals surface area contributed by atoms with Crippen molar-refractivity contribution in [2.45, 2.75) is 38.6 Å². The van der Waals surface area contributed by atoms with Gasteiger partial charge < -0.3 is 10.6 Å². The number of hydrogen-bond donors (Lipinski definition) is 2. The normalized spacial score (nSPS) is 16.2. The summed E-state index contributed by atoms with van der Waals surface area (Å²) in [5.41, 5.74) is 8.33. The molecule has 1 heterocycles. The molecule has 94 valence electrons. The third kappa shape index (κ3) is 3.22. The zero-order valence-electron chi connectivity index (χ0n) is 10.6. The van der Waals surface area contributed by atoms with Crippen LogP contribution in [0.2, 0.25) is 0 Å². The quantitative estimate of drug-likeness (QED) is 0.455. The minimum Gasteiger partial charge on any atom is -0.370 e. The molecular formula is C12H21N5. The summed E-state index contributed by atoms with van der Waals surface area (Å²) in [5.74, 6) is 0.677. The zero-order valence-corrected chi connectivity index (χ0v) is 10.6. The van der Waals surface area contributed by atoms with Crippen molar-refractivity contribution in [2.24, 2.45) is 10.7 Å². The number of aromatic amines is 1. The molecule has 0 amide bonds. The molecule has 0 aliphatic heterocycles. The van der Waals surface area contributed by atoms with E-state index in [1.807, 2.05) is 20.2 Å². The Labute approximate surface area is 102 Å². The molecular weight excluding hydrogens is 214 g/mol. The smallest absolute Gasteiger partial charge is 0.191 e. The molecule has 0 saturated heterocycles. The fourth-order valence-electron chi connectivity index (χ4n) is 1.85. The van der Waals surface area contributed by atoms with Gasteiger partial charge in [-0.05, 0) is 38.2 Å². The van der Waals surface area contributed by atoms with Crippen LogP contribution in [0.1, 0.15) is 30.5 Å². The van der Waals surface area contributed by atoms with Crippen LogP contribution in [0.15, 0.2) is 11.2 Å². The second-order valence-corrected chi connectivity index (χ2v) is 4.71. The van der Waals surface area contributed by atoms with Crippen LogP contribution in [0, 0.1) is 6.92 Å². The first-order valence-corrected chi connectivity index (χ1v) is 6.20. The Morgan fingerprint density at radius 3 is 3.00 bits per heavy atom. The number of aryl methyl sites for hydroxylation is 2. The number of nitrogens with one attached hydrogen (secondary N) is 1. The van der Waals surface area contributed by atoms with E-state index < -0.39 is 0 Å². The lowest BCUT2D eigenvalue weighted by atomic mass is 10.1. The molecule has 1 fully saturated rings. The second-order valence-electron chi connectivity index (χ2n) is 4.71. The maximum Gasteiger partial charge on any atom is 0.191 e. The summed E-state index contributed by atoms with van der Waals surface area (Å²) >= 11 is 0. The van der Waals surface area contributed by atoms with Gasteiger partial charge in [-0.15, -0.1) is 0 Å². The van der Waals surface area contributed by atoms with Crippen molar-refractivity contribution in [3.05, 3.63) is 17.5 Å².